The number of benzene rings is 1. The molecule has 1 aliphatic heterocycles. The van der Waals surface area contributed by atoms with Crippen LogP contribution in [0.1, 0.15) is 5.56 Å². The molecule has 2 rings (SSSR count). The lowest BCUT2D eigenvalue weighted by Gasteiger charge is -2.26. The summed E-state index contributed by atoms with van der Waals surface area (Å²) < 4.78 is 26.7. The molecule has 2 N–H and O–H groups in total. The molecule has 5 nitrogen and oxygen atoms in total. The molecule has 1 aromatic rings. The van der Waals surface area contributed by atoms with E-state index in [1.807, 2.05) is 6.92 Å². The highest BCUT2D eigenvalue weighted by molar-refractivity contribution is 7.92. The summed E-state index contributed by atoms with van der Waals surface area (Å²) in [7, 11) is -3.33. The van der Waals surface area contributed by atoms with E-state index in [1.54, 1.807) is 18.2 Å². The van der Waals surface area contributed by atoms with Gasteiger partial charge >= 0.3 is 0 Å². The van der Waals surface area contributed by atoms with Crippen LogP contribution in [-0.4, -0.2) is 51.8 Å². The van der Waals surface area contributed by atoms with Gasteiger partial charge in [-0.3, -0.25) is 9.62 Å². The van der Waals surface area contributed by atoms with Crippen molar-refractivity contribution in [3.63, 3.8) is 0 Å². The molecule has 0 bridgehead atoms. The SMILES string of the molecule is Cc1ccc(NS(=O)(=O)CCN2CCNCC2)cc1Cl. The minimum absolute atomic E-state index is 0.0957. The topological polar surface area (TPSA) is 61.4 Å². The quantitative estimate of drug-likeness (QED) is 0.859. The molecule has 1 saturated heterocycles. The van der Waals surface area contributed by atoms with Gasteiger partial charge in [-0.1, -0.05) is 17.7 Å². The second-order valence-electron chi connectivity index (χ2n) is 4.98. The lowest BCUT2D eigenvalue weighted by molar-refractivity contribution is 0.254. The van der Waals surface area contributed by atoms with Crippen LogP contribution in [0.5, 0.6) is 0 Å². The summed E-state index contributed by atoms with van der Waals surface area (Å²) in [6, 6.07) is 5.17. The van der Waals surface area contributed by atoms with Crippen molar-refractivity contribution in [2.75, 3.05) is 43.2 Å². The third-order valence-corrected chi connectivity index (χ3v) is 5.00. The Morgan fingerprint density at radius 3 is 2.70 bits per heavy atom. The summed E-state index contributed by atoms with van der Waals surface area (Å²) in [4.78, 5) is 2.15. The maximum atomic E-state index is 12.0. The number of hydrogen-bond donors (Lipinski definition) is 2. The van der Waals surface area contributed by atoms with E-state index >= 15 is 0 Å². The first-order valence-electron chi connectivity index (χ1n) is 6.66. The van der Waals surface area contributed by atoms with Gasteiger partial charge in [0.25, 0.3) is 0 Å². The first-order chi connectivity index (χ1) is 9.46. The summed E-state index contributed by atoms with van der Waals surface area (Å²) in [6.45, 7) is 6.06. The van der Waals surface area contributed by atoms with Crippen LogP contribution >= 0.6 is 11.6 Å². The summed E-state index contributed by atoms with van der Waals surface area (Å²) in [5.74, 6) is 0.0957. The highest BCUT2D eigenvalue weighted by atomic mass is 35.5. The van der Waals surface area contributed by atoms with E-state index in [0.717, 1.165) is 31.7 Å². The van der Waals surface area contributed by atoms with Gasteiger partial charge in [0.1, 0.15) is 0 Å². The molecule has 7 heteroatoms. The Morgan fingerprint density at radius 1 is 1.35 bits per heavy atom. The lowest BCUT2D eigenvalue weighted by atomic mass is 10.2. The second kappa shape index (κ2) is 6.76. The molecule has 0 spiro atoms. The molecule has 0 unspecified atom stereocenters. The Bertz CT molecular complexity index is 557. The van der Waals surface area contributed by atoms with Crippen LogP contribution in [0.4, 0.5) is 5.69 Å². The maximum Gasteiger partial charge on any atom is 0.233 e. The first kappa shape index (κ1) is 15.6. The zero-order valence-electron chi connectivity index (χ0n) is 11.5. The molecule has 20 heavy (non-hydrogen) atoms. The van der Waals surface area contributed by atoms with Crippen molar-refractivity contribution in [1.82, 2.24) is 10.2 Å². The Morgan fingerprint density at radius 2 is 2.05 bits per heavy atom. The van der Waals surface area contributed by atoms with Crippen LogP contribution < -0.4 is 10.0 Å². The molecule has 0 atom stereocenters. The number of hydrogen-bond acceptors (Lipinski definition) is 4. The molecular weight excluding hydrogens is 298 g/mol. The van der Waals surface area contributed by atoms with Crippen molar-refractivity contribution in [2.45, 2.75) is 6.92 Å². The molecule has 112 valence electrons. The Balaban J connectivity index is 1.91. The molecule has 1 aliphatic rings. The molecule has 0 radical (unpaired) electrons. The fourth-order valence-corrected chi connectivity index (χ4v) is 3.34. The monoisotopic (exact) mass is 317 g/mol. The fourth-order valence-electron chi connectivity index (χ4n) is 2.07. The molecule has 0 aromatic heterocycles. The second-order valence-corrected chi connectivity index (χ2v) is 7.23. The zero-order valence-corrected chi connectivity index (χ0v) is 13.1. The van der Waals surface area contributed by atoms with Gasteiger partial charge in [-0.25, -0.2) is 8.42 Å². The van der Waals surface area contributed by atoms with Gasteiger partial charge in [-0.15, -0.1) is 0 Å². The molecule has 0 amide bonds. The minimum Gasteiger partial charge on any atom is -0.314 e. The van der Waals surface area contributed by atoms with E-state index < -0.39 is 10.0 Å². The number of sulfonamides is 1. The molecule has 1 aromatic carbocycles. The van der Waals surface area contributed by atoms with E-state index in [1.165, 1.54) is 0 Å². The van der Waals surface area contributed by atoms with Gasteiger partial charge in [0.15, 0.2) is 0 Å². The van der Waals surface area contributed by atoms with Crippen LogP contribution in [0.3, 0.4) is 0 Å². The lowest BCUT2D eigenvalue weighted by Crippen LogP contribution is -2.45. The summed E-state index contributed by atoms with van der Waals surface area (Å²) in [5, 5.41) is 3.80. The summed E-state index contributed by atoms with van der Waals surface area (Å²) in [5.41, 5.74) is 1.44. The first-order valence-corrected chi connectivity index (χ1v) is 8.69. The van der Waals surface area contributed by atoms with Crippen LogP contribution in [0.15, 0.2) is 18.2 Å². The third-order valence-electron chi connectivity index (χ3n) is 3.33. The number of rotatable bonds is 5. The van der Waals surface area contributed by atoms with E-state index in [4.69, 9.17) is 11.6 Å². The number of aryl methyl sites for hydroxylation is 1. The van der Waals surface area contributed by atoms with E-state index in [-0.39, 0.29) is 5.75 Å². The molecular formula is C13H20ClN3O2S. The number of piperazine rings is 1. The summed E-state index contributed by atoms with van der Waals surface area (Å²) >= 11 is 5.99. The zero-order chi connectivity index (χ0) is 14.6. The number of anilines is 1. The van der Waals surface area contributed by atoms with Crippen molar-refractivity contribution in [2.24, 2.45) is 0 Å². The van der Waals surface area contributed by atoms with Gasteiger partial charge in [-0.2, -0.15) is 0 Å². The molecule has 0 saturated carbocycles. The number of nitrogens with one attached hydrogen (secondary N) is 2. The van der Waals surface area contributed by atoms with E-state index in [9.17, 15) is 8.42 Å². The molecule has 1 fully saturated rings. The maximum absolute atomic E-state index is 12.0. The smallest absolute Gasteiger partial charge is 0.233 e. The van der Waals surface area contributed by atoms with Crippen LogP contribution in [-0.2, 0) is 10.0 Å². The van der Waals surface area contributed by atoms with Gasteiger partial charge in [0.05, 0.1) is 5.75 Å². The van der Waals surface area contributed by atoms with Crippen molar-refractivity contribution < 1.29 is 8.42 Å². The van der Waals surface area contributed by atoms with Crippen molar-refractivity contribution >= 4 is 27.3 Å². The van der Waals surface area contributed by atoms with Crippen LogP contribution in [0, 0.1) is 6.92 Å². The Kier molecular flexibility index (Phi) is 5.26. The normalized spacial score (nSPS) is 17.1. The van der Waals surface area contributed by atoms with Crippen LogP contribution in [0.2, 0.25) is 5.02 Å². The average Bonchev–Trinajstić information content (AvgIpc) is 2.42. The largest absolute Gasteiger partial charge is 0.314 e. The van der Waals surface area contributed by atoms with Gasteiger partial charge < -0.3 is 5.32 Å². The van der Waals surface area contributed by atoms with E-state index in [2.05, 4.69) is 14.9 Å². The highest BCUT2D eigenvalue weighted by Gasteiger charge is 2.15. The van der Waals surface area contributed by atoms with Gasteiger partial charge in [0, 0.05) is 43.4 Å². The number of halogens is 1. The highest BCUT2D eigenvalue weighted by Crippen LogP contribution is 2.20. The van der Waals surface area contributed by atoms with Gasteiger partial charge in [-0.05, 0) is 24.6 Å². The Hall–Kier alpha value is -0.820. The van der Waals surface area contributed by atoms with Crippen molar-refractivity contribution in [1.29, 1.82) is 0 Å². The predicted molar refractivity (Wildman–Crippen MR) is 82.9 cm³/mol. The summed E-state index contributed by atoms with van der Waals surface area (Å²) in [6.07, 6.45) is 0. The van der Waals surface area contributed by atoms with Crippen LogP contribution in [0.25, 0.3) is 0 Å². The average molecular weight is 318 g/mol. The molecule has 0 aliphatic carbocycles. The number of nitrogens with zero attached hydrogens (tertiary/aromatic N) is 1. The van der Waals surface area contributed by atoms with Crippen molar-refractivity contribution in [3.8, 4) is 0 Å². The minimum atomic E-state index is -3.33. The Labute approximate surface area is 125 Å². The molecule has 1 heterocycles. The third kappa shape index (κ3) is 4.63. The van der Waals surface area contributed by atoms with E-state index in [0.29, 0.717) is 17.3 Å². The predicted octanol–water partition coefficient (Wildman–Crippen LogP) is 1.30. The van der Waals surface area contributed by atoms with Gasteiger partial charge in [0.2, 0.25) is 10.0 Å². The standard InChI is InChI=1S/C13H20ClN3O2S/c1-11-2-3-12(10-13(11)14)16-20(18,19)9-8-17-6-4-15-5-7-17/h2-3,10,15-16H,4-9H2,1H3. The fraction of sp³-hybridized carbons (Fsp3) is 0.538. The van der Waals surface area contributed by atoms with Crippen molar-refractivity contribution in [3.05, 3.63) is 28.8 Å².